The molecular weight excluding hydrogens is 262 g/mol. The Morgan fingerprint density at radius 3 is 3.00 bits per heavy atom. The van der Waals surface area contributed by atoms with Crippen LogP contribution in [0.3, 0.4) is 0 Å². The molecule has 19 heavy (non-hydrogen) atoms. The first-order valence-corrected chi connectivity index (χ1v) is 6.60. The molecule has 0 saturated heterocycles. The van der Waals surface area contributed by atoms with Gasteiger partial charge < -0.3 is 4.74 Å². The Hall–Kier alpha value is -2.21. The maximum Gasteiger partial charge on any atom is 0.339 e. The second-order valence-electron chi connectivity index (χ2n) is 4.01. The van der Waals surface area contributed by atoms with Gasteiger partial charge in [0.05, 0.1) is 12.7 Å². The third-order valence-corrected chi connectivity index (χ3v) is 3.68. The fourth-order valence-corrected chi connectivity index (χ4v) is 2.57. The van der Waals surface area contributed by atoms with Crippen molar-refractivity contribution in [1.82, 2.24) is 14.6 Å². The van der Waals surface area contributed by atoms with Crippen LogP contribution < -0.4 is 0 Å². The number of thiophene rings is 1. The molecule has 0 atom stereocenters. The number of pyridine rings is 1. The number of rotatable bonds is 3. The fourth-order valence-electron chi connectivity index (χ4n) is 1.87. The normalized spacial score (nSPS) is 10.8. The number of carbonyl (C=O) groups is 1. The summed E-state index contributed by atoms with van der Waals surface area (Å²) in [5.41, 5.74) is 1.21. The first-order chi connectivity index (χ1) is 9.28. The van der Waals surface area contributed by atoms with Gasteiger partial charge in [-0.25, -0.2) is 4.79 Å². The van der Waals surface area contributed by atoms with E-state index >= 15 is 0 Å². The average Bonchev–Trinajstić information content (AvgIpc) is 3.08. The van der Waals surface area contributed by atoms with Gasteiger partial charge in [0.2, 0.25) is 0 Å². The summed E-state index contributed by atoms with van der Waals surface area (Å²) >= 11 is 1.67. The molecule has 0 saturated carbocycles. The summed E-state index contributed by atoms with van der Waals surface area (Å²) in [7, 11) is 1.37. The van der Waals surface area contributed by atoms with Crippen LogP contribution in [0.25, 0.3) is 5.65 Å². The van der Waals surface area contributed by atoms with Crippen molar-refractivity contribution in [2.24, 2.45) is 0 Å². The molecule has 6 heteroatoms. The van der Waals surface area contributed by atoms with Gasteiger partial charge in [-0.15, -0.1) is 21.5 Å². The van der Waals surface area contributed by atoms with Gasteiger partial charge in [0.25, 0.3) is 0 Å². The highest BCUT2D eigenvalue weighted by atomic mass is 32.1. The molecule has 0 aliphatic heterocycles. The Kier molecular flexibility index (Phi) is 3.00. The number of esters is 1. The number of methoxy groups -OCH3 is 1. The minimum Gasteiger partial charge on any atom is -0.465 e. The van der Waals surface area contributed by atoms with Crippen LogP contribution in [0.4, 0.5) is 0 Å². The zero-order valence-electron chi connectivity index (χ0n) is 10.2. The van der Waals surface area contributed by atoms with Crippen LogP contribution in [0.2, 0.25) is 0 Å². The van der Waals surface area contributed by atoms with E-state index in [4.69, 9.17) is 4.74 Å². The second-order valence-corrected chi connectivity index (χ2v) is 5.04. The number of carbonyl (C=O) groups excluding carboxylic acids is 1. The summed E-state index contributed by atoms with van der Waals surface area (Å²) < 4.78 is 6.54. The van der Waals surface area contributed by atoms with Crippen LogP contribution in [0.1, 0.15) is 21.1 Å². The molecule has 0 spiro atoms. The van der Waals surface area contributed by atoms with Gasteiger partial charge in [0, 0.05) is 17.5 Å². The molecule has 0 unspecified atom stereocenters. The maximum absolute atomic E-state index is 11.5. The Morgan fingerprint density at radius 2 is 2.26 bits per heavy atom. The van der Waals surface area contributed by atoms with Gasteiger partial charge in [0.1, 0.15) is 5.82 Å². The van der Waals surface area contributed by atoms with Crippen LogP contribution in [0.5, 0.6) is 0 Å². The predicted molar refractivity (Wildman–Crippen MR) is 71.5 cm³/mol. The minimum atomic E-state index is -0.363. The molecule has 3 heterocycles. The zero-order chi connectivity index (χ0) is 13.2. The number of nitrogens with zero attached hydrogens (tertiary/aromatic N) is 3. The van der Waals surface area contributed by atoms with Gasteiger partial charge in [-0.3, -0.25) is 4.40 Å². The van der Waals surface area contributed by atoms with Crippen molar-refractivity contribution in [3.63, 3.8) is 0 Å². The highest BCUT2D eigenvalue weighted by Crippen LogP contribution is 2.15. The van der Waals surface area contributed by atoms with Crippen LogP contribution in [-0.4, -0.2) is 27.7 Å². The number of ether oxygens (including phenoxy) is 1. The van der Waals surface area contributed by atoms with Crippen molar-refractivity contribution >= 4 is 23.0 Å². The number of hydrogen-bond acceptors (Lipinski definition) is 5. The lowest BCUT2D eigenvalue weighted by atomic mass is 10.3. The van der Waals surface area contributed by atoms with Gasteiger partial charge in [-0.1, -0.05) is 6.07 Å². The standard InChI is InChI=1S/C13H11N3O2S/c1-18-13(17)9-4-5-11-14-15-12(16(11)8-9)7-10-3-2-6-19-10/h2-6,8H,7H2,1H3. The molecule has 3 rings (SSSR count). The molecule has 0 aliphatic carbocycles. The Labute approximate surface area is 113 Å². The lowest BCUT2D eigenvalue weighted by Gasteiger charge is -2.02. The minimum absolute atomic E-state index is 0.363. The Balaban J connectivity index is 2.03. The molecule has 96 valence electrons. The molecule has 0 N–H and O–H groups in total. The van der Waals surface area contributed by atoms with E-state index in [1.165, 1.54) is 12.0 Å². The highest BCUT2D eigenvalue weighted by molar-refractivity contribution is 7.09. The van der Waals surface area contributed by atoms with Crippen molar-refractivity contribution in [2.75, 3.05) is 7.11 Å². The summed E-state index contributed by atoms with van der Waals surface area (Å²) in [5, 5.41) is 10.3. The molecule has 5 nitrogen and oxygen atoms in total. The van der Waals surface area contributed by atoms with Crippen molar-refractivity contribution in [3.8, 4) is 0 Å². The summed E-state index contributed by atoms with van der Waals surface area (Å²) in [4.78, 5) is 12.7. The predicted octanol–water partition coefficient (Wildman–Crippen LogP) is 2.17. The first-order valence-electron chi connectivity index (χ1n) is 5.72. The van der Waals surface area contributed by atoms with Crippen molar-refractivity contribution in [3.05, 3.63) is 52.1 Å². The third-order valence-electron chi connectivity index (χ3n) is 2.81. The quantitative estimate of drug-likeness (QED) is 0.686. The smallest absolute Gasteiger partial charge is 0.339 e. The monoisotopic (exact) mass is 273 g/mol. The average molecular weight is 273 g/mol. The van der Waals surface area contributed by atoms with Gasteiger partial charge in [-0.2, -0.15) is 0 Å². The van der Waals surface area contributed by atoms with E-state index in [1.54, 1.807) is 29.7 Å². The van der Waals surface area contributed by atoms with Crippen LogP contribution in [-0.2, 0) is 11.2 Å². The SMILES string of the molecule is COC(=O)c1ccc2nnc(Cc3cccs3)n2c1. The lowest BCUT2D eigenvalue weighted by Crippen LogP contribution is -2.04. The van der Waals surface area contributed by atoms with Crippen LogP contribution >= 0.6 is 11.3 Å². The van der Waals surface area contributed by atoms with Gasteiger partial charge >= 0.3 is 5.97 Å². The van der Waals surface area contributed by atoms with Crippen LogP contribution in [0, 0.1) is 0 Å². The summed E-state index contributed by atoms with van der Waals surface area (Å²) in [6.07, 6.45) is 2.41. The van der Waals surface area contributed by atoms with E-state index in [0.29, 0.717) is 12.0 Å². The molecule has 0 amide bonds. The summed E-state index contributed by atoms with van der Waals surface area (Å²) in [6, 6.07) is 7.50. The Bertz CT molecular complexity index is 719. The molecular formula is C13H11N3O2S. The number of aromatic nitrogens is 3. The van der Waals surface area contributed by atoms with Crippen LogP contribution in [0.15, 0.2) is 35.8 Å². The zero-order valence-corrected chi connectivity index (χ0v) is 11.1. The molecule has 3 aromatic rings. The van der Waals surface area contributed by atoms with E-state index in [2.05, 4.69) is 16.3 Å². The summed E-state index contributed by atoms with van der Waals surface area (Å²) in [5.74, 6) is 0.445. The molecule has 0 aromatic carbocycles. The maximum atomic E-state index is 11.5. The lowest BCUT2D eigenvalue weighted by molar-refractivity contribution is 0.0600. The van der Waals surface area contributed by atoms with Crippen molar-refractivity contribution in [1.29, 1.82) is 0 Å². The second kappa shape index (κ2) is 4.81. The number of fused-ring (bicyclic) bond motifs is 1. The fraction of sp³-hybridized carbons (Fsp3) is 0.154. The van der Waals surface area contributed by atoms with Crippen molar-refractivity contribution in [2.45, 2.75) is 6.42 Å². The number of hydrogen-bond donors (Lipinski definition) is 0. The molecule has 0 fully saturated rings. The molecule has 0 bridgehead atoms. The highest BCUT2D eigenvalue weighted by Gasteiger charge is 2.11. The third kappa shape index (κ3) is 2.22. The van der Waals surface area contributed by atoms with E-state index in [0.717, 1.165) is 11.5 Å². The van der Waals surface area contributed by atoms with Gasteiger partial charge in [-0.05, 0) is 23.6 Å². The Morgan fingerprint density at radius 1 is 1.37 bits per heavy atom. The molecule has 0 radical (unpaired) electrons. The largest absolute Gasteiger partial charge is 0.465 e. The van der Waals surface area contributed by atoms with E-state index in [-0.39, 0.29) is 5.97 Å². The summed E-state index contributed by atoms with van der Waals surface area (Å²) in [6.45, 7) is 0. The van der Waals surface area contributed by atoms with E-state index < -0.39 is 0 Å². The van der Waals surface area contributed by atoms with E-state index in [1.807, 2.05) is 15.8 Å². The van der Waals surface area contributed by atoms with E-state index in [9.17, 15) is 4.79 Å². The first kappa shape index (κ1) is 11.9. The topological polar surface area (TPSA) is 56.5 Å². The molecule has 0 aliphatic rings. The molecule has 3 aromatic heterocycles. The van der Waals surface area contributed by atoms with Gasteiger partial charge in [0.15, 0.2) is 5.65 Å². The van der Waals surface area contributed by atoms with Crippen molar-refractivity contribution < 1.29 is 9.53 Å².